The van der Waals surface area contributed by atoms with Crippen LogP contribution in [-0.2, 0) is 0 Å². The van der Waals surface area contributed by atoms with Crippen molar-refractivity contribution >= 4 is 21.8 Å². The van der Waals surface area contributed by atoms with Crippen LogP contribution in [0.15, 0.2) is 16.6 Å². The molecule has 1 aliphatic rings. The molecular formula is C16H22BrNO3. The Hall–Kier alpha value is -1.23. The molecule has 2 rings (SSSR count). The van der Waals surface area contributed by atoms with Crippen molar-refractivity contribution in [2.75, 3.05) is 14.2 Å². The van der Waals surface area contributed by atoms with Gasteiger partial charge in [-0.15, -0.1) is 0 Å². The lowest BCUT2D eigenvalue weighted by atomic mass is 9.92. The van der Waals surface area contributed by atoms with E-state index in [1.165, 1.54) is 0 Å². The van der Waals surface area contributed by atoms with Gasteiger partial charge in [0.1, 0.15) is 11.5 Å². The van der Waals surface area contributed by atoms with Crippen molar-refractivity contribution in [3.63, 3.8) is 0 Å². The van der Waals surface area contributed by atoms with E-state index in [0.29, 0.717) is 27.0 Å². The predicted octanol–water partition coefficient (Wildman–Crippen LogP) is 3.77. The Bertz CT molecular complexity index is 543. The van der Waals surface area contributed by atoms with Gasteiger partial charge >= 0.3 is 0 Å². The lowest BCUT2D eigenvalue weighted by Gasteiger charge is -2.19. The molecule has 0 aliphatic heterocycles. The van der Waals surface area contributed by atoms with E-state index in [2.05, 4.69) is 35.1 Å². The second-order valence-electron chi connectivity index (χ2n) is 6.27. The van der Waals surface area contributed by atoms with Crippen molar-refractivity contribution in [1.82, 2.24) is 5.32 Å². The number of methoxy groups -OCH3 is 2. The van der Waals surface area contributed by atoms with Gasteiger partial charge in [0.2, 0.25) is 0 Å². The van der Waals surface area contributed by atoms with E-state index in [1.807, 2.05) is 0 Å². The number of amides is 1. The number of rotatable bonds is 4. The number of ether oxygens (including phenoxy) is 2. The molecule has 1 aromatic carbocycles. The van der Waals surface area contributed by atoms with Gasteiger partial charge in [0.05, 0.1) is 24.3 Å². The van der Waals surface area contributed by atoms with Crippen LogP contribution in [0.4, 0.5) is 0 Å². The third-order valence-electron chi connectivity index (χ3n) is 4.01. The van der Waals surface area contributed by atoms with Crippen molar-refractivity contribution in [2.45, 2.75) is 39.2 Å². The first-order chi connectivity index (χ1) is 9.86. The van der Waals surface area contributed by atoms with Crippen molar-refractivity contribution in [3.8, 4) is 11.5 Å². The third kappa shape index (κ3) is 3.70. The van der Waals surface area contributed by atoms with Crippen LogP contribution >= 0.6 is 15.9 Å². The third-order valence-corrected chi connectivity index (χ3v) is 4.59. The summed E-state index contributed by atoms with van der Waals surface area (Å²) in [5.41, 5.74) is 0.796. The molecule has 1 saturated carbocycles. The van der Waals surface area contributed by atoms with Gasteiger partial charge in [-0.3, -0.25) is 4.79 Å². The summed E-state index contributed by atoms with van der Waals surface area (Å²) in [4.78, 5) is 12.5. The largest absolute Gasteiger partial charge is 0.497 e. The molecule has 1 unspecified atom stereocenters. The van der Waals surface area contributed by atoms with Crippen LogP contribution in [0.25, 0.3) is 0 Å². The number of halogens is 1. The Kier molecular flexibility index (Phi) is 4.81. The summed E-state index contributed by atoms with van der Waals surface area (Å²) in [6.45, 7) is 4.48. The molecule has 1 aliphatic carbocycles. The summed E-state index contributed by atoms with van der Waals surface area (Å²) in [5, 5.41) is 3.11. The maximum Gasteiger partial charge on any atom is 0.255 e. The number of hydrogen-bond donors (Lipinski definition) is 1. The average molecular weight is 356 g/mol. The van der Waals surface area contributed by atoms with Crippen LogP contribution in [0, 0.1) is 5.41 Å². The Morgan fingerprint density at radius 2 is 2.05 bits per heavy atom. The van der Waals surface area contributed by atoms with Gasteiger partial charge in [0.15, 0.2) is 0 Å². The van der Waals surface area contributed by atoms with Crippen molar-refractivity contribution in [3.05, 3.63) is 22.2 Å². The van der Waals surface area contributed by atoms with E-state index in [1.54, 1.807) is 26.4 Å². The van der Waals surface area contributed by atoms with E-state index in [-0.39, 0.29) is 11.9 Å². The van der Waals surface area contributed by atoms with E-state index in [4.69, 9.17) is 9.47 Å². The Balaban J connectivity index is 2.20. The monoisotopic (exact) mass is 355 g/mol. The van der Waals surface area contributed by atoms with Crippen LogP contribution in [0.1, 0.15) is 43.5 Å². The lowest BCUT2D eigenvalue weighted by molar-refractivity contribution is 0.0932. The molecule has 1 amide bonds. The number of carbonyl (C=O) groups excluding carboxylic acids is 1. The molecule has 1 fully saturated rings. The summed E-state index contributed by atoms with van der Waals surface area (Å²) < 4.78 is 11.3. The molecular weight excluding hydrogens is 334 g/mol. The summed E-state index contributed by atoms with van der Waals surface area (Å²) >= 11 is 3.41. The molecule has 0 spiro atoms. The maximum absolute atomic E-state index is 12.5. The molecule has 0 radical (unpaired) electrons. The molecule has 0 saturated heterocycles. The quantitative estimate of drug-likeness (QED) is 0.893. The van der Waals surface area contributed by atoms with Crippen LogP contribution in [-0.4, -0.2) is 26.2 Å². The molecule has 0 bridgehead atoms. The van der Waals surface area contributed by atoms with Crippen LogP contribution in [0.5, 0.6) is 11.5 Å². The minimum atomic E-state index is -0.117. The van der Waals surface area contributed by atoms with Gasteiger partial charge in [-0.1, -0.05) is 13.8 Å². The molecule has 1 aromatic rings. The normalized spacial score (nSPS) is 20.1. The fourth-order valence-corrected chi connectivity index (χ4v) is 3.49. The van der Waals surface area contributed by atoms with Crippen molar-refractivity contribution in [1.29, 1.82) is 0 Å². The second kappa shape index (κ2) is 6.26. The molecule has 21 heavy (non-hydrogen) atoms. The van der Waals surface area contributed by atoms with E-state index in [0.717, 1.165) is 19.3 Å². The number of hydrogen-bond acceptors (Lipinski definition) is 3. The number of benzene rings is 1. The fraction of sp³-hybridized carbons (Fsp3) is 0.562. The highest BCUT2D eigenvalue weighted by atomic mass is 79.9. The zero-order valence-electron chi connectivity index (χ0n) is 13.0. The first-order valence-electron chi connectivity index (χ1n) is 7.08. The topological polar surface area (TPSA) is 47.6 Å². The molecule has 4 nitrogen and oxygen atoms in total. The zero-order valence-corrected chi connectivity index (χ0v) is 14.5. The zero-order chi connectivity index (χ0) is 15.6. The standard InChI is InChI=1S/C16H22BrNO3/c1-16(2)6-5-10(9-16)18-15(19)12-7-11(20-3)8-13(17)14(12)21-4/h7-8,10H,5-6,9H2,1-4H3,(H,18,19). The Morgan fingerprint density at radius 1 is 1.33 bits per heavy atom. The first-order valence-corrected chi connectivity index (χ1v) is 7.88. The van der Waals surface area contributed by atoms with Gasteiger partial charge in [0, 0.05) is 6.04 Å². The second-order valence-corrected chi connectivity index (χ2v) is 7.12. The summed E-state index contributed by atoms with van der Waals surface area (Å²) in [5.74, 6) is 1.04. The average Bonchev–Trinajstić information content (AvgIpc) is 2.76. The first kappa shape index (κ1) is 16.1. The highest BCUT2D eigenvalue weighted by Gasteiger charge is 2.32. The molecule has 116 valence electrons. The summed E-state index contributed by atoms with van der Waals surface area (Å²) in [7, 11) is 3.14. The maximum atomic E-state index is 12.5. The van der Waals surface area contributed by atoms with Crippen molar-refractivity contribution in [2.24, 2.45) is 5.41 Å². The van der Waals surface area contributed by atoms with Gasteiger partial charge in [-0.2, -0.15) is 0 Å². The molecule has 1 N–H and O–H groups in total. The number of nitrogens with one attached hydrogen (secondary N) is 1. The van der Waals surface area contributed by atoms with E-state index >= 15 is 0 Å². The SMILES string of the molecule is COc1cc(Br)c(OC)c(C(=O)NC2CCC(C)(C)C2)c1. The van der Waals surface area contributed by atoms with Crippen LogP contribution < -0.4 is 14.8 Å². The fourth-order valence-electron chi connectivity index (χ4n) is 2.89. The Morgan fingerprint density at radius 3 is 2.57 bits per heavy atom. The van der Waals surface area contributed by atoms with Gasteiger partial charge in [-0.05, 0) is 52.7 Å². The van der Waals surface area contributed by atoms with E-state index < -0.39 is 0 Å². The van der Waals surface area contributed by atoms with Crippen LogP contribution in [0.3, 0.4) is 0 Å². The van der Waals surface area contributed by atoms with Crippen LogP contribution in [0.2, 0.25) is 0 Å². The summed E-state index contributed by atoms with van der Waals surface area (Å²) in [6.07, 6.45) is 3.16. The molecule has 0 heterocycles. The van der Waals surface area contributed by atoms with E-state index in [9.17, 15) is 4.79 Å². The predicted molar refractivity (Wildman–Crippen MR) is 86.1 cm³/mol. The molecule has 0 aromatic heterocycles. The van der Waals surface area contributed by atoms with Crippen molar-refractivity contribution < 1.29 is 14.3 Å². The minimum absolute atomic E-state index is 0.117. The van der Waals surface area contributed by atoms with Gasteiger partial charge < -0.3 is 14.8 Å². The Labute approximate surface area is 134 Å². The summed E-state index contributed by atoms with van der Waals surface area (Å²) in [6, 6.07) is 3.72. The highest BCUT2D eigenvalue weighted by Crippen LogP contribution is 2.38. The molecule has 5 heteroatoms. The minimum Gasteiger partial charge on any atom is -0.497 e. The van der Waals surface area contributed by atoms with Gasteiger partial charge in [0.25, 0.3) is 5.91 Å². The van der Waals surface area contributed by atoms with Gasteiger partial charge in [-0.25, -0.2) is 0 Å². The smallest absolute Gasteiger partial charge is 0.255 e. The highest BCUT2D eigenvalue weighted by molar-refractivity contribution is 9.10. The lowest BCUT2D eigenvalue weighted by Crippen LogP contribution is -2.33. The molecule has 1 atom stereocenters. The number of carbonyl (C=O) groups is 1.